The molecule has 3 rings (SSSR count). The number of hydrogen-bond acceptors (Lipinski definition) is 4. The first-order chi connectivity index (χ1) is 11.1. The van der Waals surface area contributed by atoms with Gasteiger partial charge in [0, 0.05) is 13.2 Å². The molecule has 1 aromatic rings. The van der Waals surface area contributed by atoms with Crippen LogP contribution in [-0.4, -0.2) is 48.8 Å². The Labute approximate surface area is 133 Å². The van der Waals surface area contributed by atoms with Gasteiger partial charge in [0.25, 0.3) is 5.91 Å². The van der Waals surface area contributed by atoms with E-state index in [2.05, 4.69) is 10.6 Å². The summed E-state index contributed by atoms with van der Waals surface area (Å²) in [6, 6.07) is 6.48. The number of ether oxygens (including phenoxy) is 1. The predicted molar refractivity (Wildman–Crippen MR) is 82.7 cm³/mol. The largest absolute Gasteiger partial charge is 0.497 e. The molecule has 0 spiro atoms. The number of nitrogens with zero attached hydrogens (tertiary/aromatic N) is 1. The SMILES string of the molecule is COc1ccc(C2NC(=O)NC3=C2C(=O)N(CCCO)C3)cc1. The number of amides is 3. The number of rotatable bonds is 5. The lowest BCUT2D eigenvalue weighted by Gasteiger charge is -2.25. The smallest absolute Gasteiger partial charge is 0.319 e. The lowest BCUT2D eigenvalue weighted by atomic mass is 9.96. The zero-order chi connectivity index (χ0) is 16.4. The first-order valence-electron chi connectivity index (χ1n) is 7.48. The van der Waals surface area contributed by atoms with Gasteiger partial charge in [0.05, 0.1) is 31.0 Å². The maximum atomic E-state index is 12.6. The van der Waals surface area contributed by atoms with Gasteiger partial charge in [-0.3, -0.25) is 4.79 Å². The van der Waals surface area contributed by atoms with E-state index >= 15 is 0 Å². The second kappa shape index (κ2) is 6.29. The van der Waals surface area contributed by atoms with E-state index in [1.165, 1.54) is 0 Å². The molecule has 0 aliphatic carbocycles. The van der Waals surface area contributed by atoms with Gasteiger partial charge in [-0.25, -0.2) is 4.79 Å². The second-order valence-electron chi connectivity index (χ2n) is 5.50. The van der Waals surface area contributed by atoms with E-state index in [0.717, 1.165) is 5.56 Å². The topological polar surface area (TPSA) is 90.9 Å². The Hall–Kier alpha value is -2.54. The molecule has 2 aliphatic heterocycles. The molecule has 0 saturated carbocycles. The minimum absolute atomic E-state index is 0.0287. The first kappa shape index (κ1) is 15.4. The average Bonchev–Trinajstić information content (AvgIpc) is 2.88. The molecule has 23 heavy (non-hydrogen) atoms. The normalized spacial score (nSPS) is 20.3. The molecule has 7 heteroatoms. The van der Waals surface area contributed by atoms with Crippen molar-refractivity contribution in [3.8, 4) is 5.75 Å². The van der Waals surface area contributed by atoms with E-state index in [4.69, 9.17) is 9.84 Å². The van der Waals surface area contributed by atoms with Crippen molar-refractivity contribution < 1.29 is 19.4 Å². The van der Waals surface area contributed by atoms with E-state index < -0.39 is 6.04 Å². The van der Waals surface area contributed by atoms with Gasteiger partial charge in [0.15, 0.2) is 0 Å². The summed E-state index contributed by atoms with van der Waals surface area (Å²) in [5, 5.41) is 14.5. The molecule has 2 aliphatic rings. The van der Waals surface area contributed by atoms with Gasteiger partial charge in [-0.05, 0) is 24.1 Å². The van der Waals surface area contributed by atoms with Gasteiger partial charge in [-0.15, -0.1) is 0 Å². The van der Waals surface area contributed by atoms with Crippen LogP contribution in [0.5, 0.6) is 5.75 Å². The Morgan fingerprint density at radius 3 is 2.70 bits per heavy atom. The number of benzene rings is 1. The lowest BCUT2D eigenvalue weighted by molar-refractivity contribution is -0.125. The Morgan fingerprint density at radius 1 is 1.30 bits per heavy atom. The number of nitrogens with one attached hydrogen (secondary N) is 2. The summed E-state index contributed by atoms with van der Waals surface area (Å²) in [5.41, 5.74) is 2.02. The van der Waals surface area contributed by atoms with Crippen LogP contribution in [0.4, 0.5) is 4.79 Å². The standard InChI is InChI=1S/C16H19N3O4/c1-23-11-5-3-10(4-6-11)14-13-12(17-16(22)18-14)9-19(15(13)21)7-2-8-20/h3-6,14,20H,2,7-9H2,1H3,(H2,17,18,22). The van der Waals surface area contributed by atoms with E-state index in [1.807, 2.05) is 12.1 Å². The van der Waals surface area contributed by atoms with E-state index in [0.29, 0.717) is 36.5 Å². The molecule has 0 radical (unpaired) electrons. The molecule has 0 fully saturated rings. The highest BCUT2D eigenvalue weighted by atomic mass is 16.5. The van der Waals surface area contributed by atoms with Gasteiger partial charge in [0.2, 0.25) is 0 Å². The summed E-state index contributed by atoms with van der Waals surface area (Å²) in [6.45, 7) is 0.864. The molecule has 7 nitrogen and oxygen atoms in total. The summed E-state index contributed by atoms with van der Waals surface area (Å²) >= 11 is 0. The monoisotopic (exact) mass is 317 g/mol. The number of carbonyl (C=O) groups is 2. The van der Waals surface area contributed by atoms with Gasteiger partial charge < -0.3 is 25.4 Å². The number of urea groups is 1. The highest BCUT2D eigenvalue weighted by Crippen LogP contribution is 2.33. The third kappa shape index (κ3) is 2.87. The van der Waals surface area contributed by atoms with Crippen LogP contribution in [0.1, 0.15) is 18.0 Å². The summed E-state index contributed by atoms with van der Waals surface area (Å²) in [7, 11) is 1.58. The number of aliphatic hydroxyl groups is 1. The zero-order valence-corrected chi connectivity index (χ0v) is 12.8. The van der Waals surface area contributed by atoms with E-state index in [1.54, 1.807) is 24.1 Å². The van der Waals surface area contributed by atoms with Crippen LogP contribution in [0.25, 0.3) is 0 Å². The fraction of sp³-hybridized carbons (Fsp3) is 0.375. The van der Waals surface area contributed by atoms with E-state index in [-0.39, 0.29) is 18.5 Å². The Balaban J connectivity index is 1.89. The summed E-state index contributed by atoms with van der Waals surface area (Å²) in [6.07, 6.45) is 0.515. The minimum Gasteiger partial charge on any atom is -0.497 e. The van der Waals surface area contributed by atoms with Crippen molar-refractivity contribution >= 4 is 11.9 Å². The number of methoxy groups -OCH3 is 1. The van der Waals surface area contributed by atoms with Crippen molar-refractivity contribution in [1.29, 1.82) is 0 Å². The number of carbonyl (C=O) groups excluding carboxylic acids is 2. The molecule has 1 unspecified atom stereocenters. The molecule has 0 saturated heterocycles. The van der Waals surface area contributed by atoms with Crippen LogP contribution >= 0.6 is 0 Å². The van der Waals surface area contributed by atoms with Crippen LogP contribution in [0.3, 0.4) is 0 Å². The molecule has 122 valence electrons. The minimum atomic E-state index is -0.476. The highest BCUT2D eigenvalue weighted by molar-refractivity contribution is 6.01. The molecule has 3 N–H and O–H groups in total. The lowest BCUT2D eigenvalue weighted by Crippen LogP contribution is -2.44. The molecular formula is C16H19N3O4. The van der Waals surface area contributed by atoms with Crippen LogP contribution in [0.2, 0.25) is 0 Å². The Morgan fingerprint density at radius 2 is 2.04 bits per heavy atom. The van der Waals surface area contributed by atoms with Crippen LogP contribution < -0.4 is 15.4 Å². The second-order valence-corrected chi connectivity index (χ2v) is 5.50. The van der Waals surface area contributed by atoms with Gasteiger partial charge in [-0.1, -0.05) is 12.1 Å². The molecule has 2 heterocycles. The van der Waals surface area contributed by atoms with Crippen molar-refractivity contribution in [2.45, 2.75) is 12.5 Å². The molecule has 1 aromatic carbocycles. The maximum absolute atomic E-state index is 12.6. The first-order valence-corrected chi connectivity index (χ1v) is 7.48. The van der Waals surface area contributed by atoms with Crippen LogP contribution in [-0.2, 0) is 4.79 Å². The van der Waals surface area contributed by atoms with Crippen LogP contribution in [0, 0.1) is 0 Å². The summed E-state index contributed by atoms with van der Waals surface area (Å²) in [5.74, 6) is 0.604. The fourth-order valence-electron chi connectivity index (χ4n) is 2.92. The van der Waals surface area contributed by atoms with Crippen molar-refractivity contribution in [2.24, 2.45) is 0 Å². The molecule has 1 atom stereocenters. The summed E-state index contributed by atoms with van der Waals surface area (Å²) in [4.78, 5) is 26.2. The molecular weight excluding hydrogens is 298 g/mol. The van der Waals surface area contributed by atoms with E-state index in [9.17, 15) is 9.59 Å². The third-order valence-corrected chi connectivity index (χ3v) is 4.06. The third-order valence-electron chi connectivity index (χ3n) is 4.06. The zero-order valence-electron chi connectivity index (χ0n) is 12.8. The quantitative estimate of drug-likeness (QED) is 0.739. The predicted octanol–water partition coefficient (Wildman–Crippen LogP) is 0.528. The number of aliphatic hydroxyl groups excluding tert-OH is 1. The summed E-state index contributed by atoms with van der Waals surface area (Å²) < 4.78 is 5.14. The van der Waals surface area contributed by atoms with Crippen molar-refractivity contribution in [2.75, 3.05) is 26.8 Å². The fourth-order valence-corrected chi connectivity index (χ4v) is 2.92. The molecule has 0 bridgehead atoms. The average molecular weight is 317 g/mol. The van der Waals surface area contributed by atoms with Crippen LogP contribution in [0.15, 0.2) is 35.5 Å². The van der Waals surface area contributed by atoms with Gasteiger partial charge >= 0.3 is 6.03 Å². The Bertz CT molecular complexity index is 654. The molecule has 3 amide bonds. The van der Waals surface area contributed by atoms with Gasteiger partial charge in [-0.2, -0.15) is 0 Å². The van der Waals surface area contributed by atoms with Crippen molar-refractivity contribution in [1.82, 2.24) is 15.5 Å². The highest BCUT2D eigenvalue weighted by Gasteiger charge is 2.39. The number of hydrogen-bond donors (Lipinski definition) is 3. The van der Waals surface area contributed by atoms with Crippen molar-refractivity contribution in [3.63, 3.8) is 0 Å². The maximum Gasteiger partial charge on any atom is 0.319 e. The van der Waals surface area contributed by atoms with Gasteiger partial charge in [0.1, 0.15) is 5.75 Å². The Kier molecular flexibility index (Phi) is 4.20. The molecule has 0 aromatic heterocycles. The van der Waals surface area contributed by atoms with Crippen molar-refractivity contribution in [3.05, 3.63) is 41.1 Å².